The van der Waals surface area contributed by atoms with Crippen LogP contribution in [0.3, 0.4) is 0 Å². The van der Waals surface area contributed by atoms with Crippen LogP contribution < -0.4 is 14.4 Å². The van der Waals surface area contributed by atoms with Crippen LogP contribution in [0.4, 0.5) is 5.69 Å². The normalized spacial score (nSPS) is 11.9. The zero-order valence-corrected chi connectivity index (χ0v) is 24.0. The summed E-state index contributed by atoms with van der Waals surface area (Å²) >= 11 is 3.41. The predicted octanol–water partition coefficient (Wildman–Crippen LogP) is 4.60. The van der Waals surface area contributed by atoms with Crippen molar-refractivity contribution in [3.63, 3.8) is 0 Å². The molecule has 2 amide bonds. The average Bonchev–Trinajstić information content (AvgIpc) is 2.92. The molecule has 202 valence electrons. The Hall–Kier alpha value is -3.37. The summed E-state index contributed by atoms with van der Waals surface area (Å²) in [6.07, 6.45) is 0. The number of benzene rings is 3. The van der Waals surface area contributed by atoms with Crippen molar-refractivity contribution in [3.05, 3.63) is 88.9 Å². The summed E-state index contributed by atoms with van der Waals surface area (Å²) in [6, 6.07) is 21.2. The van der Waals surface area contributed by atoms with Crippen molar-refractivity contribution in [2.75, 3.05) is 24.0 Å². The lowest BCUT2D eigenvalue weighted by molar-refractivity contribution is -0.139. The lowest BCUT2D eigenvalue weighted by Gasteiger charge is -2.32. The molecule has 3 aromatic carbocycles. The van der Waals surface area contributed by atoms with E-state index in [9.17, 15) is 18.0 Å². The van der Waals surface area contributed by atoms with E-state index in [1.54, 1.807) is 63.2 Å². The van der Waals surface area contributed by atoms with Gasteiger partial charge in [0.05, 0.1) is 17.2 Å². The third-order valence-corrected chi connectivity index (χ3v) is 8.13. The molecule has 0 radical (unpaired) electrons. The lowest BCUT2D eigenvalue weighted by Crippen LogP contribution is -2.51. The van der Waals surface area contributed by atoms with Gasteiger partial charge in [-0.15, -0.1) is 0 Å². The van der Waals surface area contributed by atoms with Gasteiger partial charge in [-0.3, -0.25) is 13.9 Å². The molecule has 8 nitrogen and oxygen atoms in total. The highest BCUT2D eigenvalue weighted by atomic mass is 79.9. The highest BCUT2D eigenvalue weighted by molar-refractivity contribution is 9.10. The molecule has 1 N–H and O–H groups in total. The Morgan fingerprint density at radius 1 is 0.947 bits per heavy atom. The van der Waals surface area contributed by atoms with Crippen molar-refractivity contribution in [2.45, 2.75) is 38.3 Å². The number of halogens is 1. The van der Waals surface area contributed by atoms with E-state index >= 15 is 0 Å². The number of likely N-dealkylation sites (N-methyl/N-ethyl adjacent to an activating group) is 1. The van der Waals surface area contributed by atoms with E-state index in [2.05, 4.69) is 21.2 Å². The van der Waals surface area contributed by atoms with Crippen LogP contribution in [0, 0.1) is 0 Å². The number of sulfonamides is 1. The Kier molecular flexibility index (Phi) is 10.3. The fourth-order valence-electron chi connectivity index (χ4n) is 3.86. The summed E-state index contributed by atoms with van der Waals surface area (Å²) in [5, 5.41) is 2.75. The number of carbonyl (C=O) groups is 2. The number of ether oxygens (including phenoxy) is 1. The van der Waals surface area contributed by atoms with Gasteiger partial charge in [0.15, 0.2) is 0 Å². The Morgan fingerprint density at radius 3 is 2.21 bits per heavy atom. The Morgan fingerprint density at radius 2 is 1.58 bits per heavy atom. The molecule has 0 heterocycles. The first-order valence-corrected chi connectivity index (χ1v) is 14.5. The van der Waals surface area contributed by atoms with Gasteiger partial charge in [-0.1, -0.05) is 58.4 Å². The molecule has 0 saturated heterocycles. The number of anilines is 1. The zero-order chi connectivity index (χ0) is 27.7. The molecule has 0 spiro atoms. The molecule has 0 aromatic heterocycles. The van der Waals surface area contributed by atoms with Crippen molar-refractivity contribution in [1.82, 2.24) is 10.2 Å². The van der Waals surface area contributed by atoms with E-state index in [0.717, 1.165) is 14.3 Å². The van der Waals surface area contributed by atoms with Gasteiger partial charge in [0, 0.05) is 17.6 Å². The van der Waals surface area contributed by atoms with Crippen LogP contribution in [0.2, 0.25) is 0 Å². The Labute approximate surface area is 232 Å². The maximum absolute atomic E-state index is 13.9. The van der Waals surface area contributed by atoms with E-state index in [4.69, 9.17) is 4.74 Å². The summed E-state index contributed by atoms with van der Waals surface area (Å²) in [5.74, 6) is -0.527. The molecule has 0 bridgehead atoms. The second-order valence-corrected chi connectivity index (χ2v) is 11.2. The monoisotopic (exact) mass is 601 g/mol. The molecule has 0 saturated carbocycles. The van der Waals surface area contributed by atoms with Crippen molar-refractivity contribution in [3.8, 4) is 5.75 Å². The summed E-state index contributed by atoms with van der Waals surface area (Å²) in [4.78, 5) is 28.1. The molecule has 0 unspecified atom stereocenters. The van der Waals surface area contributed by atoms with Gasteiger partial charge in [-0.2, -0.15) is 0 Å². The van der Waals surface area contributed by atoms with Gasteiger partial charge in [0.2, 0.25) is 11.8 Å². The number of para-hydroxylation sites is 2. The maximum atomic E-state index is 13.9. The van der Waals surface area contributed by atoms with E-state index in [-0.39, 0.29) is 23.0 Å². The third-order valence-electron chi connectivity index (χ3n) is 5.83. The molecule has 10 heteroatoms. The van der Waals surface area contributed by atoms with Crippen LogP contribution in [0.1, 0.15) is 26.3 Å². The molecule has 3 aromatic rings. The Bertz CT molecular complexity index is 1330. The quantitative estimate of drug-likeness (QED) is 0.327. The second kappa shape index (κ2) is 13.4. The van der Waals surface area contributed by atoms with Gasteiger partial charge in [-0.05, 0) is 62.7 Å². The van der Waals surface area contributed by atoms with Crippen LogP contribution in [0.15, 0.2) is 88.2 Å². The number of hydrogen-bond donors (Lipinski definition) is 1. The van der Waals surface area contributed by atoms with Crippen LogP contribution in [-0.2, 0) is 26.2 Å². The molecule has 3 rings (SSSR count). The molecular formula is C28H32BrN3O5S. The van der Waals surface area contributed by atoms with Crippen LogP contribution in [0.5, 0.6) is 5.75 Å². The van der Waals surface area contributed by atoms with Gasteiger partial charge in [0.1, 0.15) is 18.3 Å². The minimum absolute atomic E-state index is 0.0373. The molecule has 0 aliphatic carbocycles. The minimum Gasteiger partial charge on any atom is -0.492 e. The summed E-state index contributed by atoms with van der Waals surface area (Å²) in [5.41, 5.74) is 1.03. The first-order valence-electron chi connectivity index (χ1n) is 12.3. The minimum atomic E-state index is -4.16. The molecule has 0 fully saturated rings. The number of nitrogens with one attached hydrogen (secondary N) is 1. The highest BCUT2D eigenvalue weighted by Gasteiger charge is 2.33. The first-order chi connectivity index (χ1) is 18.2. The largest absolute Gasteiger partial charge is 0.492 e. The van der Waals surface area contributed by atoms with Gasteiger partial charge >= 0.3 is 0 Å². The molecule has 0 aliphatic heterocycles. The number of carbonyl (C=O) groups excluding carboxylic acids is 2. The Balaban J connectivity index is 2.06. The highest BCUT2D eigenvalue weighted by Crippen LogP contribution is 2.32. The maximum Gasteiger partial charge on any atom is 0.264 e. The van der Waals surface area contributed by atoms with Gasteiger partial charge < -0.3 is 15.0 Å². The predicted molar refractivity (Wildman–Crippen MR) is 151 cm³/mol. The molecule has 1 atom stereocenters. The van der Waals surface area contributed by atoms with Crippen LogP contribution in [-0.4, -0.2) is 50.9 Å². The van der Waals surface area contributed by atoms with Gasteiger partial charge in [0.25, 0.3) is 10.0 Å². The van der Waals surface area contributed by atoms with E-state index in [1.165, 1.54) is 17.0 Å². The average molecular weight is 603 g/mol. The van der Waals surface area contributed by atoms with E-state index in [0.29, 0.717) is 18.9 Å². The summed E-state index contributed by atoms with van der Waals surface area (Å²) in [7, 11) is -4.16. The SMILES string of the molecule is CCNC(=O)[C@@H](C)N(Cc1ccc(Br)cc1)C(=O)CN(c1ccccc1OCC)S(=O)(=O)c1ccccc1. The fraction of sp³-hybridized carbons (Fsp3) is 0.286. The lowest BCUT2D eigenvalue weighted by atomic mass is 10.1. The molecular weight excluding hydrogens is 570 g/mol. The smallest absolute Gasteiger partial charge is 0.264 e. The van der Waals surface area contributed by atoms with E-state index in [1.807, 2.05) is 24.3 Å². The van der Waals surface area contributed by atoms with Crippen LogP contribution >= 0.6 is 15.9 Å². The van der Waals surface area contributed by atoms with Crippen LogP contribution in [0.25, 0.3) is 0 Å². The zero-order valence-electron chi connectivity index (χ0n) is 21.6. The fourth-order valence-corrected chi connectivity index (χ4v) is 5.57. The van der Waals surface area contributed by atoms with Crippen molar-refractivity contribution < 1.29 is 22.7 Å². The standard InChI is InChI=1S/C28H32BrN3O5S/c1-4-30-28(34)21(3)31(19-22-15-17-23(29)18-16-22)27(33)20-32(25-13-9-10-14-26(25)37-5-2)38(35,36)24-11-7-6-8-12-24/h6-18,21H,4-5,19-20H2,1-3H3,(H,30,34)/t21-/m1/s1. The molecule has 38 heavy (non-hydrogen) atoms. The topological polar surface area (TPSA) is 96.0 Å². The molecule has 0 aliphatic rings. The summed E-state index contributed by atoms with van der Waals surface area (Å²) < 4.78 is 35.4. The first kappa shape index (κ1) is 29.2. The third kappa shape index (κ3) is 7.14. The summed E-state index contributed by atoms with van der Waals surface area (Å²) in [6.45, 7) is 5.54. The number of hydrogen-bond acceptors (Lipinski definition) is 5. The van der Waals surface area contributed by atoms with Crippen molar-refractivity contribution in [2.24, 2.45) is 0 Å². The van der Waals surface area contributed by atoms with E-state index < -0.39 is 28.5 Å². The number of amides is 2. The number of rotatable bonds is 12. The van der Waals surface area contributed by atoms with Crippen molar-refractivity contribution >= 4 is 43.5 Å². The number of nitrogens with zero attached hydrogens (tertiary/aromatic N) is 2. The second-order valence-electron chi connectivity index (χ2n) is 8.44. The van der Waals surface area contributed by atoms with Crippen molar-refractivity contribution in [1.29, 1.82) is 0 Å². The van der Waals surface area contributed by atoms with Gasteiger partial charge in [-0.25, -0.2) is 8.42 Å².